The Morgan fingerprint density at radius 1 is 1.42 bits per heavy atom. The van der Waals surface area contributed by atoms with Crippen molar-refractivity contribution in [3.05, 3.63) is 40.4 Å². The summed E-state index contributed by atoms with van der Waals surface area (Å²) in [4.78, 5) is 25.6. The van der Waals surface area contributed by atoms with Gasteiger partial charge in [-0.05, 0) is 11.6 Å². The molecule has 1 aliphatic heterocycles. The molecule has 0 saturated carbocycles. The van der Waals surface area contributed by atoms with E-state index in [1.54, 1.807) is 6.07 Å². The van der Waals surface area contributed by atoms with Gasteiger partial charge in [0.1, 0.15) is 0 Å². The van der Waals surface area contributed by atoms with Crippen molar-refractivity contribution < 1.29 is 14.1 Å². The second-order valence-corrected chi connectivity index (χ2v) is 5.77. The number of carbonyl (C=O) groups excluding carboxylic acids is 1. The Labute approximate surface area is 138 Å². The fraction of sp³-hybridized carbons (Fsp3) is 0.438. The van der Waals surface area contributed by atoms with Crippen LogP contribution in [-0.2, 0) is 16.0 Å². The lowest BCUT2D eigenvalue weighted by Gasteiger charge is -2.14. The van der Waals surface area contributed by atoms with Gasteiger partial charge in [0.25, 0.3) is 0 Å². The molecule has 2 heterocycles. The molecule has 1 aliphatic rings. The van der Waals surface area contributed by atoms with Gasteiger partial charge in [0.05, 0.1) is 19.6 Å². The van der Waals surface area contributed by atoms with Crippen LogP contribution >= 0.6 is 0 Å². The molecule has 128 valence electrons. The van der Waals surface area contributed by atoms with E-state index in [9.17, 15) is 9.59 Å². The van der Waals surface area contributed by atoms with Crippen molar-refractivity contribution in [3.63, 3.8) is 0 Å². The van der Waals surface area contributed by atoms with Crippen LogP contribution in [0.25, 0.3) is 11.4 Å². The average molecular weight is 332 g/mol. The van der Waals surface area contributed by atoms with Gasteiger partial charge in [-0.25, -0.2) is 4.79 Å². The maximum atomic E-state index is 12.1. The summed E-state index contributed by atoms with van der Waals surface area (Å²) in [6, 6.07) is 7.28. The third-order valence-corrected chi connectivity index (χ3v) is 3.80. The highest BCUT2D eigenvalue weighted by atomic mass is 16.5. The maximum Gasteiger partial charge on any atom is 0.439 e. The van der Waals surface area contributed by atoms with Gasteiger partial charge in [-0.3, -0.25) is 14.3 Å². The molecule has 1 saturated heterocycles. The number of amides is 1. The Morgan fingerprint density at radius 2 is 2.33 bits per heavy atom. The van der Waals surface area contributed by atoms with Crippen LogP contribution in [0.5, 0.6) is 0 Å². The van der Waals surface area contributed by atoms with E-state index >= 15 is 0 Å². The number of aromatic amines is 1. The number of benzene rings is 1. The van der Waals surface area contributed by atoms with E-state index in [-0.39, 0.29) is 18.2 Å². The summed E-state index contributed by atoms with van der Waals surface area (Å²) in [6.45, 7) is 3.64. The minimum Gasteiger partial charge on any atom is -0.380 e. The van der Waals surface area contributed by atoms with Gasteiger partial charge in [0.2, 0.25) is 5.91 Å². The summed E-state index contributed by atoms with van der Waals surface area (Å²) in [7, 11) is 0. The molecular formula is C16H20N4O4. The topological polar surface area (TPSA) is 109 Å². The standard InChI is InChI=1S/C16H20N4O4/c21-14(18-9-12-8-17-4-5-23-10-12)7-11-2-1-3-13(6-11)15-19-16(22)24-20-15/h1-3,6,12,17H,4-5,7-10H2,(H,18,21)(H,19,20,22). The van der Waals surface area contributed by atoms with E-state index in [4.69, 9.17) is 4.74 Å². The lowest BCUT2D eigenvalue weighted by Crippen LogP contribution is -2.35. The number of nitrogens with one attached hydrogen (secondary N) is 3. The molecule has 24 heavy (non-hydrogen) atoms. The quantitative estimate of drug-likeness (QED) is 0.707. The number of rotatable bonds is 5. The molecular weight excluding hydrogens is 312 g/mol. The second kappa shape index (κ2) is 7.89. The van der Waals surface area contributed by atoms with Crippen molar-refractivity contribution >= 4 is 5.91 Å². The Hall–Kier alpha value is -2.45. The fourth-order valence-electron chi connectivity index (χ4n) is 2.58. The number of H-pyrrole nitrogens is 1. The predicted octanol–water partition coefficient (Wildman–Crippen LogP) is -0.0754. The highest BCUT2D eigenvalue weighted by molar-refractivity contribution is 5.79. The van der Waals surface area contributed by atoms with E-state index in [1.165, 1.54) is 0 Å². The van der Waals surface area contributed by atoms with E-state index in [0.717, 1.165) is 18.7 Å². The number of nitrogens with zero attached hydrogens (tertiary/aromatic N) is 1. The summed E-state index contributed by atoms with van der Waals surface area (Å²) in [6.07, 6.45) is 0.261. The van der Waals surface area contributed by atoms with E-state index in [2.05, 4.69) is 25.3 Å². The molecule has 3 rings (SSSR count). The van der Waals surface area contributed by atoms with Gasteiger partial charge in [0, 0.05) is 31.1 Å². The lowest BCUT2D eigenvalue weighted by atomic mass is 10.1. The molecule has 1 fully saturated rings. The minimum atomic E-state index is -0.604. The predicted molar refractivity (Wildman–Crippen MR) is 86.5 cm³/mol. The third kappa shape index (κ3) is 4.53. The zero-order chi connectivity index (χ0) is 16.8. The van der Waals surface area contributed by atoms with Gasteiger partial charge in [-0.1, -0.05) is 23.4 Å². The summed E-state index contributed by atoms with van der Waals surface area (Å²) >= 11 is 0. The van der Waals surface area contributed by atoms with Crippen LogP contribution in [0, 0.1) is 5.92 Å². The number of aromatic nitrogens is 2. The first-order valence-electron chi connectivity index (χ1n) is 7.91. The van der Waals surface area contributed by atoms with Gasteiger partial charge in [-0.15, -0.1) is 0 Å². The van der Waals surface area contributed by atoms with Crippen LogP contribution in [0.2, 0.25) is 0 Å². The Kier molecular flexibility index (Phi) is 5.39. The lowest BCUT2D eigenvalue weighted by molar-refractivity contribution is -0.120. The van der Waals surface area contributed by atoms with Crippen LogP contribution in [0.1, 0.15) is 5.56 Å². The number of hydrogen-bond donors (Lipinski definition) is 3. The Balaban J connectivity index is 1.55. The molecule has 1 unspecified atom stereocenters. The number of hydrogen-bond acceptors (Lipinski definition) is 6. The molecule has 3 N–H and O–H groups in total. The molecule has 1 amide bonds. The smallest absolute Gasteiger partial charge is 0.380 e. The van der Waals surface area contributed by atoms with E-state index in [1.807, 2.05) is 18.2 Å². The average Bonchev–Trinajstić information content (AvgIpc) is 2.85. The zero-order valence-corrected chi connectivity index (χ0v) is 13.2. The zero-order valence-electron chi connectivity index (χ0n) is 13.2. The van der Waals surface area contributed by atoms with Crippen molar-refractivity contribution in [1.29, 1.82) is 0 Å². The Bertz CT molecular complexity index is 731. The van der Waals surface area contributed by atoms with Crippen LogP contribution < -0.4 is 16.4 Å². The minimum absolute atomic E-state index is 0.0509. The fourth-order valence-corrected chi connectivity index (χ4v) is 2.58. The number of ether oxygens (including phenoxy) is 1. The van der Waals surface area contributed by atoms with Gasteiger partial charge >= 0.3 is 5.76 Å². The molecule has 0 bridgehead atoms. The van der Waals surface area contributed by atoms with Crippen LogP contribution in [0.15, 0.2) is 33.6 Å². The molecule has 2 aromatic rings. The highest BCUT2D eigenvalue weighted by Gasteiger charge is 2.14. The largest absolute Gasteiger partial charge is 0.439 e. The molecule has 8 heteroatoms. The summed E-state index contributed by atoms with van der Waals surface area (Å²) in [5, 5.41) is 9.87. The molecule has 0 spiro atoms. The summed E-state index contributed by atoms with van der Waals surface area (Å²) < 4.78 is 9.96. The normalized spacial score (nSPS) is 18.1. The summed E-state index contributed by atoms with van der Waals surface area (Å²) in [5.74, 6) is -0.0238. The number of carbonyl (C=O) groups is 1. The molecule has 1 atom stereocenters. The first-order valence-corrected chi connectivity index (χ1v) is 7.91. The molecule has 1 aromatic heterocycles. The van der Waals surface area contributed by atoms with Crippen molar-refractivity contribution in [3.8, 4) is 11.4 Å². The third-order valence-electron chi connectivity index (χ3n) is 3.80. The van der Waals surface area contributed by atoms with Crippen LogP contribution in [0.4, 0.5) is 0 Å². The van der Waals surface area contributed by atoms with Gasteiger partial charge in [-0.2, -0.15) is 0 Å². The van der Waals surface area contributed by atoms with Crippen molar-refractivity contribution in [2.75, 3.05) is 32.8 Å². The van der Waals surface area contributed by atoms with Crippen LogP contribution in [-0.4, -0.2) is 48.9 Å². The molecule has 0 aliphatic carbocycles. The monoisotopic (exact) mass is 332 g/mol. The second-order valence-electron chi connectivity index (χ2n) is 5.77. The summed E-state index contributed by atoms with van der Waals surface area (Å²) in [5.41, 5.74) is 1.54. The molecule has 8 nitrogen and oxygen atoms in total. The van der Waals surface area contributed by atoms with Crippen molar-refractivity contribution in [2.24, 2.45) is 5.92 Å². The van der Waals surface area contributed by atoms with Gasteiger partial charge in [0.15, 0.2) is 5.82 Å². The first kappa shape index (κ1) is 16.4. The first-order chi connectivity index (χ1) is 11.7. The van der Waals surface area contributed by atoms with E-state index < -0.39 is 5.76 Å². The Morgan fingerprint density at radius 3 is 3.17 bits per heavy atom. The molecule has 1 aromatic carbocycles. The van der Waals surface area contributed by atoms with Crippen molar-refractivity contribution in [2.45, 2.75) is 6.42 Å². The van der Waals surface area contributed by atoms with E-state index in [0.29, 0.717) is 31.1 Å². The highest BCUT2D eigenvalue weighted by Crippen LogP contribution is 2.15. The molecule has 0 radical (unpaired) electrons. The van der Waals surface area contributed by atoms with Crippen LogP contribution in [0.3, 0.4) is 0 Å². The SMILES string of the molecule is O=C(Cc1cccc(-c2noc(=O)[nH]2)c1)NCC1CNCCOC1. The maximum absolute atomic E-state index is 12.1. The van der Waals surface area contributed by atoms with Gasteiger partial charge < -0.3 is 15.4 Å². The van der Waals surface area contributed by atoms with Crippen molar-refractivity contribution in [1.82, 2.24) is 20.8 Å².